The molecule has 0 atom stereocenters. The van der Waals surface area contributed by atoms with Crippen molar-refractivity contribution in [3.63, 3.8) is 0 Å². The zero-order valence-corrected chi connectivity index (χ0v) is 8.72. The first-order chi connectivity index (χ1) is 8.22. The van der Waals surface area contributed by atoms with Gasteiger partial charge in [0.05, 0.1) is 11.6 Å². The number of halogens is 1. The smallest absolute Gasteiger partial charge is 0.151 e. The highest BCUT2D eigenvalue weighted by atomic mass is 19.1. The molecule has 1 aromatic carbocycles. The molecule has 0 bridgehead atoms. The summed E-state index contributed by atoms with van der Waals surface area (Å²) in [6.07, 6.45) is 3.60. The van der Waals surface area contributed by atoms with Crippen LogP contribution in [0.2, 0.25) is 0 Å². The number of nitrogens with zero attached hydrogens (tertiary/aromatic N) is 2. The predicted octanol–water partition coefficient (Wildman–Crippen LogP) is 2.57. The van der Waals surface area contributed by atoms with Gasteiger partial charge >= 0.3 is 0 Å². The second-order valence-corrected chi connectivity index (χ2v) is 3.47. The molecule has 1 heterocycles. The highest BCUT2D eigenvalue weighted by Gasteiger charge is 2.04. The average molecular weight is 226 g/mol. The van der Waals surface area contributed by atoms with E-state index < -0.39 is 5.82 Å². The molecule has 0 spiro atoms. The monoisotopic (exact) mass is 226 g/mol. The maximum absolute atomic E-state index is 13.2. The Kier molecular flexibility index (Phi) is 2.93. The summed E-state index contributed by atoms with van der Waals surface area (Å²) < 4.78 is 13.2. The first-order valence-corrected chi connectivity index (χ1v) is 4.84. The molecule has 2 aromatic rings. The fourth-order valence-corrected chi connectivity index (χ4v) is 1.50. The Bertz CT molecular complexity index is 617. The summed E-state index contributed by atoms with van der Waals surface area (Å²) in [5, 5.41) is 8.75. The topological polar surface area (TPSA) is 53.8 Å². The van der Waals surface area contributed by atoms with E-state index in [0.717, 1.165) is 6.07 Å². The van der Waals surface area contributed by atoms with Gasteiger partial charge in [-0.25, -0.2) is 4.39 Å². The van der Waals surface area contributed by atoms with Crippen LogP contribution in [0.15, 0.2) is 36.7 Å². The van der Waals surface area contributed by atoms with Gasteiger partial charge in [0.2, 0.25) is 0 Å². The zero-order valence-electron chi connectivity index (χ0n) is 8.72. The normalized spacial score (nSPS) is 9.65. The number of hydrogen-bond donors (Lipinski definition) is 0. The minimum atomic E-state index is -0.490. The molecule has 2 rings (SSSR count). The summed E-state index contributed by atoms with van der Waals surface area (Å²) in [4.78, 5) is 14.5. The molecule has 0 N–H and O–H groups in total. The van der Waals surface area contributed by atoms with Gasteiger partial charge in [0.1, 0.15) is 5.82 Å². The molecule has 0 unspecified atom stereocenters. The van der Waals surface area contributed by atoms with Crippen LogP contribution in [0.4, 0.5) is 4.39 Å². The summed E-state index contributed by atoms with van der Waals surface area (Å²) in [6, 6.07) is 7.47. The van der Waals surface area contributed by atoms with Gasteiger partial charge in [0.15, 0.2) is 6.29 Å². The number of hydrogen-bond acceptors (Lipinski definition) is 3. The Labute approximate surface area is 97.2 Å². The van der Waals surface area contributed by atoms with Gasteiger partial charge in [-0.3, -0.25) is 9.78 Å². The summed E-state index contributed by atoms with van der Waals surface area (Å²) in [5.74, 6) is -0.490. The van der Waals surface area contributed by atoms with Gasteiger partial charge in [0, 0.05) is 23.5 Å². The summed E-state index contributed by atoms with van der Waals surface area (Å²) in [6.45, 7) is 0. The largest absolute Gasteiger partial charge is 0.298 e. The minimum absolute atomic E-state index is 0.233. The number of nitriles is 1. The van der Waals surface area contributed by atoms with E-state index in [1.165, 1.54) is 18.5 Å². The lowest BCUT2D eigenvalue weighted by atomic mass is 10.0. The molecular formula is C13H7FN2O. The van der Waals surface area contributed by atoms with Crippen molar-refractivity contribution in [2.24, 2.45) is 0 Å². The van der Waals surface area contributed by atoms with Crippen LogP contribution in [0.25, 0.3) is 11.1 Å². The molecule has 0 saturated carbocycles. The maximum Gasteiger partial charge on any atom is 0.151 e. The van der Waals surface area contributed by atoms with Crippen LogP contribution in [-0.4, -0.2) is 11.3 Å². The second kappa shape index (κ2) is 4.54. The molecule has 0 aliphatic heterocycles. The van der Waals surface area contributed by atoms with Crippen molar-refractivity contribution >= 4 is 6.29 Å². The molecule has 0 aliphatic carbocycles. The predicted molar refractivity (Wildman–Crippen MR) is 59.7 cm³/mol. The summed E-state index contributed by atoms with van der Waals surface area (Å²) in [5.41, 5.74) is 1.77. The third-order valence-corrected chi connectivity index (χ3v) is 2.26. The van der Waals surface area contributed by atoms with Crippen LogP contribution in [0.1, 0.15) is 15.9 Å². The van der Waals surface area contributed by atoms with E-state index in [1.54, 1.807) is 12.1 Å². The molecule has 1 aromatic heterocycles. The van der Waals surface area contributed by atoms with Crippen LogP contribution in [-0.2, 0) is 0 Å². The van der Waals surface area contributed by atoms with E-state index in [4.69, 9.17) is 5.26 Å². The van der Waals surface area contributed by atoms with E-state index in [1.807, 2.05) is 6.07 Å². The SMILES string of the molecule is N#Cc1cc(F)cc(-c2cncc(C=O)c2)c1. The Morgan fingerprint density at radius 3 is 2.71 bits per heavy atom. The van der Waals surface area contributed by atoms with Crippen molar-refractivity contribution in [1.82, 2.24) is 4.98 Å². The lowest BCUT2D eigenvalue weighted by Gasteiger charge is -2.02. The quantitative estimate of drug-likeness (QED) is 0.739. The van der Waals surface area contributed by atoms with Crippen LogP contribution in [0.5, 0.6) is 0 Å². The van der Waals surface area contributed by atoms with Gasteiger partial charge in [0.25, 0.3) is 0 Å². The number of aldehydes is 1. The van der Waals surface area contributed by atoms with Gasteiger partial charge in [-0.1, -0.05) is 0 Å². The fraction of sp³-hybridized carbons (Fsp3) is 0. The van der Waals surface area contributed by atoms with E-state index in [2.05, 4.69) is 4.98 Å². The maximum atomic E-state index is 13.2. The Morgan fingerprint density at radius 1 is 1.18 bits per heavy atom. The summed E-state index contributed by atoms with van der Waals surface area (Å²) >= 11 is 0. The second-order valence-electron chi connectivity index (χ2n) is 3.47. The highest BCUT2D eigenvalue weighted by Crippen LogP contribution is 2.21. The molecule has 0 aliphatic rings. The first-order valence-electron chi connectivity index (χ1n) is 4.84. The lowest BCUT2D eigenvalue weighted by molar-refractivity contribution is 0.112. The fourth-order valence-electron chi connectivity index (χ4n) is 1.50. The lowest BCUT2D eigenvalue weighted by Crippen LogP contribution is -1.88. The van der Waals surface area contributed by atoms with Crippen molar-refractivity contribution in [3.05, 3.63) is 53.6 Å². The molecule has 0 amide bonds. The third kappa shape index (κ3) is 2.34. The Morgan fingerprint density at radius 2 is 2.00 bits per heavy atom. The zero-order chi connectivity index (χ0) is 12.3. The molecular weight excluding hydrogens is 219 g/mol. The Hall–Kier alpha value is -2.54. The number of pyridine rings is 1. The molecule has 3 nitrogen and oxygen atoms in total. The van der Waals surface area contributed by atoms with Gasteiger partial charge < -0.3 is 0 Å². The van der Waals surface area contributed by atoms with Crippen LogP contribution >= 0.6 is 0 Å². The van der Waals surface area contributed by atoms with Gasteiger partial charge in [-0.2, -0.15) is 5.26 Å². The van der Waals surface area contributed by atoms with E-state index in [9.17, 15) is 9.18 Å². The van der Waals surface area contributed by atoms with E-state index in [0.29, 0.717) is 23.0 Å². The van der Waals surface area contributed by atoms with Gasteiger partial charge in [-0.15, -0.1) is 0 Å². The van der Waals surface area contributed by atoms with Crippen molar-refractivity contribution in [2.75, 3.05) is 0 Å². The van der Waals surface area contributed by atoms with Crippen LogP contribution < -0.4 is 0 Å². The van der Waals surface area contributed by atoms with E-state index in [-0.39, 0.29) is 5.56 Å². The highest BCUT2D eigenvalue weighted by molar-refractivity contribution is 5.78. The molecule has 0 saturated heterocycles. The van der Waals surface area contributed by atoms with Crippen molar-refractivity contribution in [2.45, 2.75) is 0 Å². The van der Waals surface area contributed by atoms with Crippen LogP contribution in [0, 0.1) is 17.1 Å². The number of carbonyl (C=O) groups excluding carboxylic acids is 1. The molecule has 0 fully saturated rings. The third-order valence-electron chi connectivity index (χ3n) is 2.26. The molecule has 82 valence electrons. The molecule has 4 heteroatoms. The number of benzene rings is 1. The number of carbonyl (C=O) groups is 1. The first kappa shape index (κ1) is 11.0. The number of aromatic nitrogens is 1. The molecule has 0 radical (unpaired) electrons. The summed E-state index contributed by atoms with van der Waals surface area (Å²) in [7, 11) is 0. The van der Waals surface area contributed by atoms with Crippen LogP contribution in [0.3, 0.4) is 0 Å². The average Bonchev–Trinajstić information content (AvgIpc) is 2.38. The standard InChI is InChI=1S/C13H7FN2O/c14-13-3-9(5-15)1-11(4-13)12-2-10(8-17)6-16-7-12/h1-4,6-8H. The van der Waals surface area contributed by atoms with Gasteiger partial charge in [-0.05, 0) is 29.8 Å². The Balaban J connectivity index is 2.56. The molecule has 17 heavy (non-hydrogen) atoms. The van der Waals surface area contributed by atoms with Crippen molar-refractivity contribution in [1.29, 1.82) is 5.26 Å². The van der Waals surface area contributed by atoms with Crippen molar-refractivity contribution < 1.29 is 9.18 Å². The van der Waals surface area contributed by atoms with Crippen molar-refractivity contribution in [3.8, 4) is 17.2 Å². The number of rotatable bonds is 2. The van der Waals surface area contributed by atoms with E-state index >= 15 is 0 Å². The minimum Gasteiger partial charge on any atom is -0.298 e.